The average Bonchev–Trinajstić information content (AvgIpc) is 3.28. The first-order valence-corrected chi connectivity index (χ1v) is 8.63. The minimum absolute atomic E-state index is 0.132. The minimum atomic E-state index is -0.155. The van der Waals surface area contributed by atoms with E-state index in [1.54, 1.807) is 17.1 Å². The number of aliphatic imine (C=N–C) groups is 1. The van der Waals surface area contributed by atoms with Crippen LogP contribution in [0.3, 0.4) is 0 Å². The summed E-state index contributed by atoms with van der Waals surface area (Å²) in [5.41, 5.74) is 0.628. The number of nitrogens with one attached hydrogen (secondary N) is 1. The van der Waals surface area contributed by atoms with Crippen LogP contribution in [-0.2, 0) is 19.0 Å². The van der Waals surface area contributed by atoms with Crippen molar-refractivity contribution in [1.82, 2.24) is 25.0 Å². The first-order valence-electron chi connectivity index (χ1n) is 8.63. The van der Waals surface area contributed by atoms with Crippen molar-refractivity contribution in [2.75, 3.05) is 20.1 Å². The van der Waals surface area contributed by atoms with Gasteiger partial charge in [0.1, 0.15) is 18.0 Å². The van der Waals surface area contributed by atoms with Gasteiger partial charge in [0, 0.05) is 26.1 Å². The van der Waals surface area contributed by atoms with Gasteiger partial charge in [-0.25, -0.2) is 9.37 Å². The second-order valence-corrected chi connectivity index (χ2v) is 6.59. The van der Waals surface area contributed by atoms with Crippen LogP contribution in [0.25, 0.3) is 0 Å². The van der Waals surface area contributed by atoms with Gasteiger partial charge in [-0.3, -0.25) is 9.67 Å². The van der Waals surface area contributed by atoms with E-state index >= 15 is 0 Å². The fraction of sp³-hybridized carbons (Fsp3) is 0.500. The van der Waals surface area contributed by atoms with Crippen LogP contribution in [0.15, 0.2) is 35.6 Å². The second-order valence-electron chi connectivity index (χ2n) is 6.59. The van der Waals surface area contributed by atoms with E-state index in [1.165, 1.54) is 6.07 Å². The SMILES string of the molecule is CCNC(=NCC1(c2ccccc2F)CC1)N(C)Cc1ncnn1C. The highest BCUT2D eigenvalue weighted by Gasteiger charge is 2.45. The van der Waals surface area contributed by atoms with Gasteiger partial charge in [-0.05, 0) is 31.4 Å². The molecule has 1 fully saturated rings. The third-order valence-corrected chi connectivity index (χ3v) is 4.71. The van der Waals surface area contributed by atoms with E-state index in [0.29, 0.717) is 13.1 Å². The number of nitrogens with zero attached hydrogens (tertiary/aromatic N) is 5. The van der Waals surface area contributed by atoms with Crippen molar-refractivity contribution in [2.45, 2.75) is 31.7 Å². The van der Waals surface area contributed by atoms with E-state index in [-0.39, 0.29) is 11.2 Å². The van der Waals surface area contributed by atoms with Crippen LogP contribution in [0.1, 0.15) is 31.2 Å². The molecule has 1 heterocycles. The third kappa shape index (κ3) is 3.81. The van der Waals surface area contributed by atoms with Crippen molar-refractivity contribution in [1.29, 1.82) is 0 Å². The smallest absolute Gasteiger partial charge is 0.194 e. The lowest BCUT2D eigenvalue weighted by molar-refractivity contribution is 0.446. The summed E-state index contributed by atoms with van der Waals surface area (Å²) in [6.45, 7) is 4.00. The molecule has 7 heteroatoms. The Bertz CT molecular complexity index is 750. The Balaban J connectivity index is 1.74. The Hall–Kier alpha value is -2.44. The first kappa shape index (κ1) is 17.4. The molecule has 0 radical (unpaired) electrons. The van der Waals surface area contributed by atoms with Gasteiger partial charge < -0.3 is 10.2 Å². The van der Waals surface area contributed by atoms with Crippen molar-refractivity contribution in [3.63, 3.8) is 0 Å². The van der Waals surface area contributed by atoms with Crippen LogP contribution in [0.5, 0.6) is 0 Å². The lowest BCUT2D eigenvalue weighted by atomic mass is 9.95. The summed E-state index contributed by atoms with van der Waals surface area (Å²) in [7, 11) is 3.84. The Morgan fingerprint density at radius 2 is 2.16 bits per heavy atom. The molecule has 25 heavy (non-hydrogen) atoms. The number of rotatable bonds is 6. The molecule has 1 N–H and O–H groups in total. The molecule has 1 aromatic heterocycles. The standard InChI is InChI=1S/C18H25FN6/c1-4-20-17(24(2)11-16-22-13-23-25(16)3)21-12-18(9-10-18)14-7-5-6-8-15(14)19/h5-8,13H,4,9-12H2,1-3H3,(H,20,21). The maximum absolute atomic E-state index is 14.2. The highest BCUT2D eigenvalue weighted by Crippen LogP contribution is 2.49. The molecule has 2 aromatic rings. The van der Waals surface area contributed by atoms with Crippen LogP contribution in [0, 0.1) is 5.82 Å². The lowest BCUT2D eigenvalue weighted by Gasteiger charge is -2.23. The Labute approximate surface area is 147 Å². The molecule has 0 unspecified atom stereocenters. The van der Waals surface area contributed by atoms with Crippen LogP contribution in [0.2, 0.25) is 0 Å². The van der Waals surface area contributed by atoms with Crippen LogP contribution >= 0.6 is 0 Å². The van der Waals surface area contributed by atoms with Crippen LogP contribution < -0.4 is 5.32 Å². The van der Waals surface area contributed by atoms with Gasteiger partial charge in [0.2, 0.25) is 0 Å². The van der Waals surface area contributed by atoms with Gasteiger partial charge >= 0.3 is 0 Å². The zero-order valence-electron chi connectivity index (χ0n) is 15.0. The van der Waals surface area contributed by atoms with Crippen molar-refractivity contribution >= 4 is 5.96 Å². The number of hydrogen-bond donors (Lipinski definition) is 1. The van der Waals surface area contributed by atoms with Crippen LogP contribution in [0.4, 0.5) is 4.39 Å². The average molecular weight is 344 g/mol. The Morgan fingerprint density at radius 1 is 1.40 bits per heavy atom. The summed E-state index contributed by atoms with van der Waals surface area (Å²) in [6.07, 6.45) is 3.50. The molecule has 1 aliphatic carbocycles. The molecule has 1 aromatic carbocycles. The summed E-state index contributed by atoms with van der Waals surface area (Å²) in [5, 5.41) is 7.40. The molecule has 0 spiro atoms. The molecule has 6 nitrogen and oxygen atoms in total. The number of guanidine groups is 1. The highest BCUT2D eigenvalue weighted by molar-refractivity contribution is 5.79. The van der Waals surface area contributed by atoms with Crippen molar-refractivity contribution in [3.05, 3.63) is 47.8 Å². The fourth-order valence-electron chi connectivity index (χ4n) is 3.00. The molecule has 1 aliphatic rings. The molecule has 0 saturated heterocycles. The lowest BCUT2D eigenvalue weighted by Crippen LogP contribution is -2.39. The molecular weight excluding hydrogens is 319 g/mol. The molecule has 0 aliphatic heterocycles. The predicted molar refractivity (Wildman–Crippen MR) is 95.8 cm³/mol. The largest absolute Gasteiger partial charge is 0.357 e. The van der Waals surface area contributed by atoms with E-state index in [9.17, 15) is 4.39 Å². The minimum Gasteiger partial charge on any atom is -0.357 e. The van der Waals surface area contributed by atoms with E-state index in [2.05, 4.69) is 15.4 Å². The molecule has 0 bridgehead atoms. The monoisotopic (exact) mass is 344 g/mol. The Morgan fingerprint density at radius 3 is 2.76 bits per heavy atom. The van der Waals surface area contributed by atoms with E-state index in [0.717, 1.165) is 36.7 Å². The Kier molecular flexibility index (Phi) is 5.01. The maximum atomic E-state index is 14.2. The number of benzene rings is 1. The number of hydrogen-bond acceptors (Lipinski definition) is 3. The maximum Gasteiger partial charge on any atom is 0.194 e. The second kappa shape index (κ2) is 7.21. The molecule has 134 valence electrons. The van der Waals surface area contributed by atoms with E-state index in [4.69, 9.17) is 4.99 Å². The third-order valence-electron chi connectivity index (χ3n) is 4.71. The fourth-order valence-corrected chi connectivity index (χ4v) is 3.00. The molecule has 0 amide bonds. The zero-order chi connectivity index (χ0) is 17.9. The summed E-state index contributed by atoms with van der Waals surface area (Å²) < 4.78 is 15.9. The number of aromatic nitrogens is 3. The molecule has 0 atom stereocenters. The molecule has 3 rings (SSSR count). The summed E-state index contributed by atoms with van der Waals surface area (Å²) in [4.78, 5) is 11.1. The van der Waals surface area contributed by atoms with Gasteiger partial charge in [-0.15, -0.1) is 0 Å². The topological polar surface area (TPSA) is 58.3 Å². The zero-order valence-corrected chi connectivity index (χ0v) is 15.0. The summed E-state index contributed by atoms with van der Waals surface area (Å²) >= 11 is 0. The predicted octanol–water partition coefficient (Wildman–Crippen LogP) is 2.08. The molecular formula is C18H25FN6. The summed E-state index contributed by atoms with van der Waals surface area (Å²) in [6, 6.07) is 7.04. The molecule has 1 saturated carbocycles. The van der Waals surface area contributed by atoms with Crippen molar-refractivity contribution in [2.24, 2.45) is 12.0 Å². The van der Waals surface area contributed by atoms with Crippen molar-refractivity contribution < 1.29 is 4.39 Å². The van der Waals surface area contributed by atoms with Gasteiger partial charge in [0.25, 0.3) is 0 Å². The van der Waals surface area contributed by atoms with E-state index in [1.807, 2.05) is 38.1 Å². The summed E-state index contributed by atoms with van der Waals surface area (Å²) in [5.74, 6) is 1.53. The van der Waals surface area contributed by atoms with Crippen molar-refractivity contribution in [3.8, 4) is 0 Å². The van der Waals surface area contributed by atoms with Crippen LogP contribution in [-0.4, -0.2) is 45.8 Å². The first-order chi connectivity index (χ1) is 12.1. The number of aryl methyl sites for hydroxylation is 1. The number of halogens is 1. The van der Waals surface area contributed by atoms with Gasteiger partial charge in [0.05, 0.1) is 13.1 Å². The highest BCUT2D eigenvalue weighted by atomic mass is 19.1. The van der Waals surface area contributed by atoms with Gasteiger partial charge in [0.15, 0.2) is 5.96 Å². The van der Waals surface area contributed by atoms with Gasteiger partial charge in [-0.1, -0.05) is 18.2 Å². The normalized spacial score (nSPS) is 15.9. The van der Waals surface area contributed by atoms with E-state index < -0.39 is 0 Å². The van der Waals surface area contributed by atoms with Gasteiger partial charge in [-0.2, -0.15) is 5.10 Å². The quantitative estimate of drug-likeness (QED) is 0.644.